The van der Waals surface area contributed by atoms with E-state index in [1.807, 2.05) is 73.8 Å². The monoisotopic (exact) mass is 1580 g/mol. The molecule has 5 aromatic rings. The van der Waals surface area contributed by atoms with Crippen LogP contribution in [0, 0.1) is 0 Å². The third kappa shape index (κ3) is 14.9. The van der Waals surface area contributed by atoms with Crippen LogP contribution >= 0.6 is 0 Å². The molecule has 16 atom stereocenters. The van der Waals surface area contributed by atoms with Crippen LogP contribution in [0.3, 0.4) is 0 Å². The van der Waals surface area contributed by atoms with Gasteiger partial charge in [-0.1, -0.05) is 120 Å². The molecule has 17 rings (SSSR count). The topological polar surface area (TPSA) is 240 Å². The highest BCUT2D eigenvalue weighted by molar-refractivity contribution is 5.65. The van der Waals surface area contributed by atoms with Crippen molar-refractivity contribution in [2.75, 3.05) is 98.9 Å². The number of rotatable bonds is 31. The van der Waals surface area contributed by atoms with Crippen molar-refractivity contribution < 1.29 is 72.2 Å². The maximum absolute atomic E-state index is 13.0. The number of unbranched alkanes of at least 4 members (excludes halogenated alkanes) is 5. The predicted octanol–water partition coefficient (Wildman–Crippen LogP) is 12.8. The fraction of sp³-hybridized carbons (Fsp3) is 0.609. The number of nitrogens with two attached hydrogens (primary N) is 1. The lowest BCUT2D eigenvalue weighted by Crippen LogP contribution is -2.78. The van der Waals surface area contributed by atoms with Crippen molar-refractivity contribution in [3.05, 3.63) is 173 Å². The van der Waals surface area contributed by atoms with E-state index in [1.165, 1.54) is 41.7 Å². The molecule has 114 heavy (non-hydrogen) atoms. The summed E-state index contributed by atoms with van der Waals surface area (Å²) in [5, 5.41) is 76.0. The number of alkyl halides is 3. The Morgan fingerprint density at radius 3 is 1.43 bits per heavy atom. The third-order valence-corrected chi connectivity index (χ3v) is 28.3. The second-order valence-corrected chi connectivity index (χ2v) is 34.4. The van der Waals surface area contributed by atoms with Gasteiger partial charge in [0.05, 0.1) is 58.4 Å². The Morgan fingerprint density at radius 2 is 0.974 bits per heavy atom. The van der Waals surface area contributed by atoms with Crippen molar-refractivity contribution in [2.24, 2.45) is 5.73 Å². The van der Waals surface area contributed by atoms with Gasteiger partial charge in [0, 0.05) is 98.7 Å². The molecule has 12 aliphatic rings. The van der Waals surface area contributed by atoms with Crippen molar-refractivity contribution in [1.82, 2.24) is 30.2 Å². The van der Waals surface area contributed by atoms with E-state index in [9.17, 15) is 43.8 Å². The fourth-order valence-corrected chi connectivity index (χ4v) is 22.8. The van der Waals surface area contributed by atoms with Crippen LogP contribution < -0.4 is 35.3 Å². The van der Waals surface area contributed by atoms with E-state index < -0.39 is 44.8 Å². The summed E-state index contributed by atoms with van der Waals surface area (Å²) in [4.78, 5) is 9.29. The van der Waals surface area contributed by atoms with E-state index in [-0.39, 0.29) is 77.9 Å². The number of phenols is 3. The minimum absolute atomic E-state index is 0.00923. The van der Waals surface area contributed by atoms with Crippen molar-refractivity contribution in [2.45, 2.75) is 255 Å². The molecule has 0 amide bonds. The molecule has 3 spiro atoms. The highest BCUT2D eigenvalue weighted by Gasteiger charge is 2.76. The zero-order valence-electron chi connectivity index (χ0n) is 67.7. The third-order valence-electron chi connectivity index (χ3n) is 28.3. The minimum Gasteiger partial charge on any atom is -0.504 e. The van der Waals surface area contributed by atoms with Gasteiger partial charge < -0.3 is 80.3 Å². The summed E-state index contributed by atoms with van der Waals surface area (Å²) < 4.78 is 76.2. The number of hydrogen-bond donors (Lipinski definition) is 9. The van der Waals surface area contributed by atoms with Gasteiger partial charge >= 0.3 is 6.18 Å². The zero-order valence-corrected chi connectivity index (χ0v) is 67.7. The van der Waals surface area contributed by atoms with E-state index in [1.54, 1.807) is 18.2 Å². The van der Waals surface area contributed by atoms with E-state index >= 15 is 0 Å². The maximum atomic E-state index is 13.0. The number of halogens is 3. The number of aliphatic hydroxyl groups is 3. The molecule has 0 aromatic heterocycles. The van der Waals surface area contributed by atoms with E-state index in [2.05, 4.69) is 70.7 Å². The number of likely N-dealkylation sites (N-methyl/N-ethyl adjacent to an activating group) is 1. The van der Waals surface area contributed by atoms with Crippen LogP contribution in [-0.4, -0.2) is 221 Å². The lowest BCUT2D eigenvalue weighted by atomic mass is 9.48. The molecular formula is C92H126F3N7O12. The van der Waals surface area contributed by atoms with Gasteiger partial charge in [-0.25, -0.2) is 0 Å². The first-order valence-electron chi connectivity index (χ1n) is 42.8. The molecule has 22 heteroatoms. The Balaban J connectivity index is 0.000000157. The Bertz CT molecular complexity index is 4140. The second kappa shape index (κ2) is 35.0. The highest BCUT2D eigenvalue weighted by Crippen LogP contribution is 2.69. The van der Waals surface area contributed by atoms with Crippen LogP contribution in [0.15, 0.2) is 129 Å². The van der Waals surface area contributed by atoms with Gasteiger partial charge in [0.2, 0.25) is 0 Å². The molecular weight excluding hydrogens is 1450 g/mol. The van der Waals surface area contributed by atoms with Crippen molar-refractivity contribution in [3.63, 3.8) is 0 Å². The number of likely N-dealkylation sites (tertiary alicyclic amines) is 3. The molecule has 10 N–H and O–H groups in total. The Kier molecular flexibility index (Phi) is 25.7. The van der Waals surface area contributed by atoms with E-state index in [0.717, 1.165) is 203 Å². The van der Waals surface area contributed by atoms with Gasteiger partial charge in [0.15, 0.2) is 34.5 Å². The standard InChI is InChI=1S/C46H60F3N3O6.C23H32N2O3.C19H24N2O3.C4H10/c1-3-24-52-26-22-44-41-34-13-18-38(53)42(41)58-43(44)37(19-21-45(44,54)40(52)32-34)50-23-9-4-5-10-28-55-30-31-56-29-27-51(2)25-20-39(33-11-7-6-8-12-33)57-36-16-14-35(15-17-36)46(47,48)49;1-3-5-11-24-16-8-9-23(27)18-14-15-6-7-17(26)20-19(15)22(23,21(16)28-20)10-13-25(18)12-4-2;1-2-8-21-9-7-18-15-11-3-4-13(22)16(15)24-17(18)12(20)5-6-19(18,23)14(21)10-11;1-3-4-2/h3,6-8,11-18,37,39-40,43,50,53-54H,1,4-5,9-10,19-32H2,2H3;4,6-7,16,18,21,24,26-27H,2-3,5,8-14H2,1H3;2-4,12,14,17,22-23H,1,5-10,20H2;3-4H2,1-2H3/t37-,39?,40-,43+,44+,45-;16-,18-,21+,22+,23-;12-,14-,17+,18+,19-;/m111./s1. The summed E-state index contributed by atoms with van der Waals surface area (Å²) in [6.07, 6.45) is 19.7. The molecule has 6 aliphatic carbocycles. The highest BCUT2D eigenvalue weighted by atomic mass is 19.4. The smallest absolute Gasteiger partial charge is 0.416 e. The summed E-state index contributed by atoms with van der Waals surface area (Å²) in [5.74, 6) is 2.72. The van der Waals surface area contributed by atoms with Gasteiger partial charge in [-0.15, -0.1) is 19.7 Å². The first-order valence-corrected chi connectivity index (χ1v) is 42.8. The van der Waals surface area contributed by atoms with Crippen molar-refractivity contribution in [1.29, 1.82) is 0 Å². The molecule has 6 fully saturated rings. The molecule has 1 unspecified atom stereocenters. The number of nitrogens with one attached hydrogen (secondary N) is 2. The predicted molar refractivity (Wildman–Crippen MR) is 437 cm³/mol. The molecule has 3 saturated heterocycles. The molecule has 3 saturated carbocycles. The van der Waals surface area contributed by atoms with Gasteiger partial charge in [-0.3, -0.25) is 14.7 Å². The van der Waals surface area contributed by atoms with Crippen LogP contribution in [-0.2, 0) is 51.2 Å². The molecule has 622 valence electrons. The zero-order chi connectivity index (χ0) is 80.4. The lowest BCUT2D eigenvalue weighted by Gasteiger charge is -2.64. The first kappa shape index (κ1) is 83.7. The van der Waals surface area contributed by atoms with Crippen LogP contribution in [0.1, 0.15) is 187 Å². The van der Waals surface area contributed by atoms with Crippen LogP contribution in [0.25, 0.3) is 0 Å². The number of phenolic OH excluding ortho intramolecular Hbond substituents is 3. The number of benzene rings is 5. The van der Waals surface area contributed by atoms with E-state index in [4.69, 9.17) is 34.2 Å². The summed E-state index contributed by atoms with van der Waals surface area (Å²) in [6, 6.07) is 26.2. The summed E-state index contributed by atoms with van der Waals surface area (Å²) in [6.45, 7) is 29.0. The fourth-order valence-electron chi connectivity index (χ4n) is 22.8. The Hall–Kier alpha value is -6.77. The average Bonchev–Trinajstić information content (AvgIpc) is 1.46. The molecule has 6 aliphatic heterocycles. The largest absolute Gasteiger partial charge is 0.504 e. The molecule has 0 radical (unpaired) electrons. The Labute approximate surface area is 673 Å². The lowest BCUT2D eigenvalue weighted by molar-refractivity contribution is -0.189. The number of aromatic hydroxyl groups is 3. The summed E-state index contributed by atoms with van der Waals surface area (Å²) >= 11 is 0. The number of piperidine rings is 3. The SMILES string of the molecule is C=CCN1CC[C@]23c4c5ccc(O)c4O[C@H]2[C@H](N)CC[C@@]3(O)[C@H]1C5.C=CCN1CC[C@]23c4c5ccc(O)c4O[C@H]2[C@H](NCCCC)CC[C@@]3(O)[C@H]1C5.C=CCN1CC[C@]23c4c5ccc(O)c4O[C@H]2[C@H](NCCCCCCOCCOCCN(C)CCC(Oc2ccc(C(F)(F)F)cc2)c2ccccc2)CC[C@@]3(O)[C@H]1C5.CCCC. The van der Waals surface area contributed by atoms with Crippen molar-refractivity contribution >= 4 is 0 Å². The molecule has 6 bridgehead atoms. The Morgan fingerprint density at radius 1 is 0.535 bits per heavy atom. The first-order chi connectivity index (χ1) is 55.1. The van der Waals surface area contributed by atoms with Gasteiger partial charge in [0.25, 0.3) is 0 Å². The quantitative estimate of drug-likeness (QED) is 0.0148. The van der Waals surface area contributed by atoms with Gasteiger partial charge in [0.1, 0.15) is 30.2 Å². The van der Waals surface area contributed by atoms with Gasteiger partial charge in [-0.05, 0) is 201 Å². The molecule has 5 aromatic carbocycles. The summed E-state index contributed by atoms with van der Waals surface area (Å²) in [5.41, 5.74) is 9.44. The normalized spacial score (nSPS) is 31.4. The van der Waals surface area contributed by atoms with Gasteiger partial charge in [-0.2, -0.15) is 13.2 Å². The van der Waals surface area contributed by atoms with Crippen LogP contribution in [0.4, 0.5) is 13.2 Å². The maximum Gasteiger partial charge on any atom is 0.416 e. The second-order valence-electron chi connectivity index (χ2n) is 34.4. The molecule has 6 heterocycles. The number of nitrogens with zero attached hydrogens (tertiary/aromatic N) is 4. The van der Waals surface area contributed by atoms with E-state index in [0.29, 0.717) is 68.7 Å². The minimum atomic E-state index is -4.38. The molecule has 19 nitrogen and oxygen atoms in total. The van der Waals surface area contributed by atoms with Crippen LogP contribution in [0.2, 0.25) is 0 Å². The number of hydrogen-bond acceptors (Lipinski definition) is 19. The van der Waals surface area contributed by atoms with Crippen molar-refractivity contribution in [3.8, 4) is 40.2 Å². The number of ether oxygens (including phenoxy) is 6. The summed E-state index contributed by atoms with van der Waals surface area (Å²) in [7, 11) is 2.02. The average molecular weight is 1580 g/mol. The van der Waals surface area contributed by atoms with Crippen LogP contribution in [0.5, 0.6) is 40.2 Å².